The van der Waals surface area contributed by atoms with Gasteiger partial charge < -0.3 is 4.90 Å². The first-order valence-electron chi connectivity index (χ1n) is 7.46. The number of sulfonamides is 1. The maximum atomic E-state index is 12.4. The van der Waals surface area contributed by atoms with Gasteiger partial charge >= 0.3 is 0 Å². The van der Waals surface area contributed by atoms with E-state index in [9.17, 15) is 13.2 Å². The van der Waals surface area contributed by atoms with Crippen LogP contribution in [0.25, 0.3) is 10.2 Å². The van der Waals surface area contributed by atoms with Crippen LogP contribution < -0.4 is 0 Å². The molecule has 0 aliphatic heterocycles. The monoisotopic (exact) mass is 395 g/mol. The summed E-state index contributed by atoms with van der Waals surface area (Å²) < 4.78 is 27.1. The van der Waals surface area contributed by atoms with Gasteiger partial charge in [0.25, 0.3) is 10.0 Å². The van der Waals surface area contributed by atoms with E-state index in [1.165, 1.54) is 29.4 Å². The van der Waals surface area contributed by atoms with Gasteiger partial charge in [-0.3, -0.25) is 4.79 Å². The van der Waals surface area contributed by atoms with Gasteiger partial charge in [0.1, 0.15) is 9.22 Å². The Morgan fingerprint density at radius 1 is 1.16 bits per heavy atom. The number of aromatic nitrogens is 1. The SMILES string of the molecule is CN(Cc1nc2ccccc2s1)C(=O)CN(C)S(=O)(=O)c1cccs1. The number of para-hydroxylation sites is 1. The lowest BCUT2D eigenvalue weighted by Gasteiger charge is -2.20. The number of hydrogen-bond donors (Lipinski definition) is 0. The summed E-state index contributed by atoms with van der Waals surface area (Å²) in [5.41, 5.74) is 0.903. The Labute approximate surface area is 154 Å². The molecule has 25 heavy (non-hydrogen) atoms. The van der Waals surface area contributed by atoms with Crippen molar-refractivity contribution >= 4 is 48.8 Å². The summed E-state index contributed by atoms with van der Waals surface area (Å²) >= 11 is 2.67. The number of rotatable bonds is 6. The van der Waals surface area contributed by atoms with Crippen LogP contribution in [0.1, 0.15) is 5.01 Å². The lowest BCUT2D eigenvalue weighted by Crippen LogP contribution is -2.38. The van der Waals surface area contributed by atoms with Gasteiger partial charge in [-0.2, -0.15) is 4.31 Å². The first kappa shape index (κ1) is 18.0. The summed E-state index contributed by atoms with van der Waals surface area (Å²) in [4.78, 5) is 18.4. The van der Waals surface area contributed by atoms with Crippen LogP contribution in [-0.4, -0.2) is 49.2 Å². The number of carbonyl (C=O) groups is 1. The minimum absolute atomic E-state index is 0.207. The molecule has 0 radical (unpaired) electrons. The first-order valence-corrected chi connectivity index (χ1v) is 10.6. The predicted molar refractivity (Wildman–Crippen MR) is 100 cm³/mol. The molecular weight excluding hydrogens is 378 g/mol. The summed E-state index contributed by atoms with van der Waals surface area (Å²) in [6.07, 6.45) is 0. The van der Waals surface area contributed by atoms with Crippen LogP contribution in [0.15, 0.2) is 46.0 Å². The summed E-state index contributed by atoms with van der Waals surface area (Å²) in [6, 6.07) is 11.0. The number of benzene rings is 1. The topological polar surface area (TPSA) is 70.6 Å². The molecule has 3 rings (SSSR count). The van der Waals surface area contributed by atoms with Crippen LogP contribution in [0.5, 0.6) is 0 Å². The van der Waals surface area contributed by atoms with Crippen LogP contribution in [0.3, 0.4) is 0 Å². The zero-order valence-electron chi connectivity index (χ0n) is 13.7. The average molecular weight is 396 g/mol. The highest BCUT2D eigenvalue weighted by molar-refractivity contribution is 7.91. The standard InChI is InChI=1S/C16H17N3O3S3/c1-18(10-14-17-12-6-3-4-7-13(12)24-14)15(20)11-19(2)25(21,22)16-8-5-9-23-16/h3-9H,10-11H2,1-2H3. The molecule has 0 bridgehead atoms. The van der Waals surface area contributed by atoms with Crippen LogP contribution in [-0.2, 0) is 21.4 Å². The average Bonchev–Trinajstić information content (AvgIpc) is 3.23. The molecule has 132 valence electrons. The molecule has 0 atom stereocenters. The highest BCUT2D eigenvalue weighted by Crippen LogP contribution is 2.23. The molecule has 1 amide bonds. The third kappa shape index (κ3) is 3.90. The Morgan fingerprint density at radius 2 is 1.92 bits per heavy atom. The Morgan fingerprint density at radius 3 is 2.60 bits per heavy atom. The quantitative estimate of drug-likeness (QED) is 0.643. The second kappa shape index (κ2) is 7.20. The molecule has 0 aliphatic rings. The highest BCUT2D eigenvalue weighted by atomic mass is 32.2. The minimum atomic E-state index is -3.63. The molecule has 0 aliphatic carbocycles. The van der Waals surface area contributed by atoms with E-state index in [0.717, 1.165) is 30.9 Å². The van der Waals surface area contributed by atoms with Gasteiger partial charge in [-0.25, -0.2) is 13.4 Å². The molecule has 0 saturated carbocycles. The molecule has 3 aromatic rings. The lowest BCUT2D eigenvalue weighted by atomic mass is 10.3. The number of likely N-dealkylation sites (N-methyl/N-ethyl adjacent to an activating group) is 2. The van der Waals surface area contributed by atoms with Gasteiger partial charge in [0.15, 0.2) is 0 Å². The highest BCUT2D eigenvalue weighted by Gasteiger charge is 2.25. The Balaban J connectivity index is 1.66. The van der Waals surface area contributed by atoms with Crippen molar-refractivity contribution in [1.82, 2.24) is 14.2 Å². The second-order valence-electron chi connectivity index (χ2n) is 5.52. The van der Waals surface area contributed by atoms with Gasteiger partial charge in [0.05, 0.1) is 23.3 Å². The van der Waals surface area contributed by atoms with Crippen molar-refractivity contribution in [1.29, 1.82) is 0 Å². The van der Waals surface area contributed by atoms with E-state index < -0.39 is 10.0 Å². The van der Waals surface area contributed by atoms with Crippen molar-refractivity contribution < 1.29 is 13.2 Å². The van der Waals surface area contributed by atoms with E-state index >= 15 is 0 Å². The molecular formula is C16H17N3O3S3. The number of hydrogen-bond acceptors (Lipinski definition) is 6. The van der Waals surface area contributed by atoms with Crippen molar-refractivity contribution in [2.45, 2.75) is 10.8 Å². The third-order valence-electron chi connectivity index (χ3n) is 3.65. The summed E-state index contributed by atoms with van der Waals surface area (Å²) in [7, 11) is -0.558. The molecule has 6 nitrogen and oxygen atoms in total. The van der Waals surface area contributed by atoms with E-state index in [-0.39, 0.29) is 16.7 Å². The van der Waals surface area contributed by atoms with Crippen molar-refractivity contribution in [3.63, 3.8) is 0 Å². The Hall–Kier alpha value is -1.81. The van der Waals surface area contributed by atoms with E-state index in [1.54, 1.807) is 18.5 Å². The van der Waals surface area contributed by atoms with Crippen LogP contribution in [0, 0.1) is 0 Å². The van der Waals surface area contributed by atoms with Gasteiger partial charge in [0, 0.05) is 14.1 Å². The minimum Gasteiger partial charge on any atom is -0.338 e. The molecule has 0 spiro atoms. The largest absolute Gasteiger partial charge is 0.338 e. The Kier molecular flexibility index (Phi) is 5.19. The number of thiophene rings is 1. The number of carbonyl (C=O) groups excluding carboxylic acids is 1. The zero-order valence-corrected chi connectivity index (χ0v) is 16.2. The molecule has 0 saturated heterocycles. The van der Waals surface area contributed by atoms with Gasteiger partial charge in [-0.1, -0.05) is 18.2 Å². The van der Waals surface area contributed by atoms with Crippen molar-refractivity contribution in [2.24, 2.45) is 0 Å². The Bertz CT molecular complexity index is 947. The summed E-state index contributed by atoms with van der Waals surface area (Å²) in [6.45, 7) is 0.146. The van der Waals surface area contributed by atoms with Crippen molar-refractivity contribution in [3.05, 3.63) is 46.8 Å². The van der Waals surface area contributed by atoms with E-state index in [0.29, 0.717) is 6.54 Å². The van der Waals surface area contributed by atoms with Crippen molar-refractivity contribution in [3.8, 4) is 0 Å². The summed E-state index contributed by atoms with van der Waals surface area (Å²) in [5, 5.41) is 2.52. The van der Waals surface area contributed by atoms with Crippen LogP contribution in [0.2, 0.25) is 0 Å². The van der Waals surface area contributed by atoms with E-state index in [4.69, 9.17) is 0 Å². The predicted octanol–water partition coefficient (Wildman–Crippen LogP) is 2.64. The molecule has 2 heterocycles. The van der Waals surface area contributed by atoms with Crippen LogP contribution in [0.4, 0.5) is 0 Å². The maximum Gasteiger partial charge on any atom is 0.252 e. The zero-order chi connectivity index (χ0) is 18.0. The third-order valence-corrected chi connectivity index (χ3v) is 7.85. The summed E-state index contributed by atoms with van der Waals surface area (Å²) in [5.74, 6) is -0.276. The molecule has 0 unspecified atom stereocenters. The number of nitrogens with zero attached hydrogens (tertiary/aromatic N) is 3. The molecule has 0 fully saturated rings. The second-order valence-corrected chi connectivity index (χ2v) is 9.85. The van der Waals surface area contributed by atoms with E-state index in [2.05, 4.69) is 4.98 Å². The van der Waals surface area contributed by atoms with Gasteiger partial charge in [0.2, 0.25) is 5.91 Å². The fraction of sp³-hybridized carbons (Fsp3) is 0.250. The van der Waals surface area contributed by atoms with Gasteiger partial charge in [-0.15, -0.1) is 22.7 Å². The molecule has 2 aromatic heterocycles. The molecule has 9 heteroatoms. The smallest absolute Gasteiger partial charge is 0.252 e. The fourth-order valence-electron chi connectivity index (χ4n) is 2.24. The maximum absolute atomic E-state index is 12.4. The molecule has 1 aromatic carbocycles. The normalized spacial score (nSPS) is 12.0. The number of amides is 1. The van der Waals surface area contributed by atoms with Gasteiger partial charge in [-0.05, 0) is 23.6 Å². The fourth-order valence-corrected chi connectivity index (χ4v) is 5.58. The number of thiazole rings is 1. The number of fused-ring (bicyclic) bond motifs is 1. The van der Waals surface area contributed by atoms with E-state index in [1.807, 2.05) is 24.3 Å². The first-order chi connectivity index (χ1) is 11.9. The lowest BCUT2D eigenvalue weighted by molar-refractivity contribution is -0.130. The van der Waals surface area contributed by atoms with Crippen LogP contribution >= 0.6 is 22.7 Å². The molecule has 0 N–H and O–H groups in total. The van der Waals surface area contributed by atoms with Crippen molar-refractivity contribution in [2.75, 3.05) is 20.6 Å².